The minimum absolute atomic E-state index is 0.167. The number of aromatic nitrogens is 2. The minimum Gasteiger partial charge on any atom is -0.474 e. The quantitative estimate of drug-likeness (QED) is 0.892. The molecular formula is C13H15N3O2. The summed E-state index contributed by atoms with van der Waals surface area (Å²) in [6.45, 7) is 1.33. The van der Waals surface area contributed by atoms with Gasteiger partial charge in [-0.05, 0) is 25.0 Å². The van der Waals surface area contributed by atoms with Crippen molar-refractivity contribution in [2.75, 3.05) is 18.9 Å². The van der Waals surface area contributed by atoms with Crippen molar-refractivity contribution in [2.24, 2.45) is 0 Å². The molecule has 0 aliphatic carbocycles. The maximum Gasteiger partial charge on any atom is 0.226 e. The van der Waals surface area contributed by atoms with Crippen molar-refractivity contribution in [3.05, 3.63) is 24.3 Å². The molecule has 2 N–H and O–H groups in total. The minimum atomic E-state index is 0.167. The Labute approximate surface area is 105 Å². The average molecular weight is 245 g/mol. The maximum atomic E-state index is 5.73. The summed E-state index contributed by atoms with van der Waals surface area (Å²) in [6, 6.07) is 7.67. The Morgan fingerprint density at radius 1 is 1.33 bits per heavy atom. The molecule has 1 aliphatic heterocycles. The van der Waals surface area contributed by atoms with Crippen LogP contribution in [0.1, 0.15) is 12.8 Å². The van der Waals surface area contributed by atoms with E-state index in [1.54, 1.807) is 0 Å². The van der Waals surface area contributed by atoms with Gasteiger partial charge in [0.25, 0.3) is 0 Å². The van der Waals surface area contributed by atoms with Crippen LogP contribution >= 0.6 is 0 Å². The van der Waals surface area contributed by atoms with E-state index in [0.29, 0.717) is 12.5 Å². The van der Waals surface area contributed by atoms with E-state index in [1.807, 2.05) is 24.3 Å². The lowest BCUT2D eigenvalue weighted by atomic mass is 10.2. The zero-order valence-electron chi connectivity index (χ0n) is 10.0. The van der Waals surface area contributed by atoms with Gasteiger partial charge in [-0.1, -0.05) is 12.1 Å². The summed E-state index contributed by atoms with van der Waals surface area (Å²) in [5.41, 5.74) is 6.47. The fraction of sp³-hybridized carbons (Fsp3) is 0.385. The van der Waals surface area contributed by atoms with Crippen LogP contribution in [-0.2, 0) is 4.74 Å². The van der Waals surface area contributed by atoms with Crippen LogP contribution in [0.15, 0.2) is 24.3 Å². The number of nitrogen functional groups attached to an aromatic ring is 1. The number of para-hydroxylation sites is 1. The van der Waals surface area contributed by atoms with Gasteiger partial charge in [-0.2, -0.15) is 4.98 Å². The van der Waals surface area contributed by atoms with Gasteiger partial charge in [-0.3, -0.25) is 0 Å². The largest absolute Gasteiger partial charge is 0.474 e. The number of nitrogens with two attached hydrogens (primary N) is 1. The lowest BCUT2D eigenvalue weighted by Gasteiger charge is -2.12. The average Bonchev–Trinajstić information content (AvgIpc) is 2.89. The summed E-state index contributed by atoms with van der Waals surface area (Å²) in [7, 11) is 0. The molecule has 18 heavy (non-hydrogen) atoms. The Balaban J connectivity index is 1.85. The highest BCUT2D eigenvalue weighted by molar-refractivity contribution is 5.84. The molecule has 1 fully saturated rings. The first-order chi connectivity index (χ1) is 8.83. The van der Waals surface area contributed by atoms with Crippen molar-refractivity contribution in [3.8, 4) is 5.88 Å². The second-order valence-corrected chi connectivity index (χ2v) is 4.35. The number of ether oxygens (including phenoxy) is 2. The van der Waals surface area contributed by atoms with Crippen LogP contribution in [0.2, 0.25) is 0 Å². The van der Waals surface area contributed by atoms with Crippen molar-refractivity contribution < 1.29 is 9.47 Å². The van der Waals surface area contributed by atoms with Crippen LogP contribution in [0.5, 0.6) is 5.88 Å². The number of hydrogen-bond donors (Lipinski definition) is 1. The van der Waals surface area contributed by atoms with Crippen molar-refractivity contribution in [2.45, 2.75) is 18.9 Å². The summed E-state index contributed by atoms with van der Waals surface area (Å²) in [5.74, 6) is 0.768. The number of rotatable bonds is 3. The SMILES string of the molecule is Nc1nc(OCC2CCCO2)c2ccccc2n1. The van der Waals surface area contributed by atoms with Gasteiger partial charge < -0.3 is 15.2 Å². The molecule has 94 valence electrons. The topological polar surface area (TPSA) is 70.3 Å². The zero-order chi connectivity index (χ0) is 12.4. The third kappa shape index (κ3) is 2.22. The van der Waals surface area contributed by atoms with Gasteiger partial charge in [0.05, 0.1) is 17.0 Å². The van der Waals surface area contributed by atoms with E-state index >= 15 is 0 Å². The number of anilines is 1. The molecule has 2 heterocycles. The van der Waals surface area contributed by atoms with E-state index in [2.05, 4.69) is 9.97 Å². The molecule has 5 nitrogen and oxygen atoms in total. The third-order valence-corrected chi connectivity index (χ3v) is 3.02. The molecule has 1 aliphatic rings. The van der Waals surface area contributed by atoms with E-state index in [4.69, 9.17) is 15.2 Å². The summed E-state index contributed by atoms with van der Waals surface area (Å²) in [6.07, 6.45) is 2.30. The zero-order valence-corrected chi connectivity index (χ0v) is 10.0. The van der Waals surface area contributed by atoms with Crippen molar-refractivity contribution in [1.29, 1.82) is 0 Å². The van der Waals surface area contributed by atoms with Crippen LogP contribution in [0.25, 0.3) is 10.9 Å². The molecule has 3 rings (SSSR count). The van der Waals surface area contributed by atoms with E-state index < -0.39 is 0 Å². The molecule has 5 heteroatoms. The van der Waals surface area contributed by atoms with Gasteiger partial charge in [0.15, 0.2) is 0 Å². The number of hydrogen-bond acceptors (Lipinski definition) is 5. The van der Waals surface area contributed by atoms with Gasteiger partial charge in [0, 0.05) is 6.61 Å². The Bertz CT molecular complexity index is 553. The van der Waals surface area contributed by atoms with Gasteiger partial charge in [-0.25, -0.2) is 4.98 Å². The predicted octanol–water partition coefficient (Wildman–Crippen LogP) is 1.77. The van der Waals surface area contributed by atoms with E-state index in [-0.39, 0.29) is 12.1 Å². The number of nitrogens with zero attached hydrogens (tertiary/aromatic N) is 2. The monoisotopic (exact) mass is 245 g/mol. The summed E-state index contributed by atoms with van der Waals surface area (Å²) in [4.78, 5) is 8.32. The molecule has 0 bridgehead atoms. The van der Waals surface area contributed by atoms with Crippen molar-refractivity contribution in [1.82, 2.24) is 9.97 Å². The van der Waals surface area contributed by atoms with E-state index in [9.17, 15) is 0 Å². The number of benzene rings is 1. The van der Waals surface area contributed by atoms with E-state index in [1.165, 1.54) is 0 Å². The smallest absolute Gasteiger partial charge is 0.226 e. The first-order valence-electron chi connectivity index (χ1n) is 6.09. The van der Waals surface area contributed by atoms with Crippen LogP contribution < -0.4 is 10.5 Å². The fourth-order valence-electron chi connectivity index (χ4n) is 2.12. The lowest BCUT2D eigenvalue weighted by molar-refractivity contribution is 0.0669. The molecule has 1 unspecified atom stereocenters. The van der Waals surface area contributed by atoms with Gasteiger partial charge >= 0.3 is 0 Å². The third-order valence-electron chi connectivity index (χ3n) is 3.02. The van der Waals surface area contributed by atoms with Crippen molar-refractivity contribution in [3.63, 3.8) is 0 Å². The normalized spacial score (nSPS) is 19.2. The Kier molecular flexibility index (Phi) is 2.98. The standard InChI is InChI=1S/C13H15N3O2/c14-13-15-11-6-2-1-5-10(11)12(16-13)18-8-9-4-3-7-17-9/h1-2,5-6,9H,3-4,7-8H2,(H2,14,15,16). The molecule has 1 atom stereocenters. The van der Waals surface area contributed by atoms with Crippen LogP contribution in [0.4, 0.5) is 5.95 Å². The molecule has 1 aromatic carbocycles. The van der Waals surface area contributed by atoms with Crippen LogP contribution in [0, 0.1) is 0 Å². The van der Waals surface area contributed by atoms with Gasteiger partial charge in [0.2, 0.25) is 11.8 Å². The van der Waals surface area contributed by atoms with Gasteiger partial charge in [0.1, 0.15) is 6.61 Å². The highest BCUT2D eigenvalue weighted by atomic mass is 16.5. The Morgan fingerprint density at radius 2 is 2.22 bits per heavy atom. The second-order valence-electron chi connectivity index (χ2n) is 4.35. The first-order valence-corrected chi connectivity index (χ1v) is 6.09. The predicted molar refractivity (Wildman–Crippen MR) is 68.4 cm³/mol. The summed E-state index contributed by atoms with van der Waals surface area (Å²) >= 11 is 0. The molecule has 0 radical (unpaired) electrons. The molecular weight excluding hydrogens is 230 g/mol. The highest BCUT2D eigenvalue weighted by Gasteiger charge is 2.17. The second kappa shape index (κ2) is 4.78. The first kappa shape index (κ1) is 11.2. The van der Waals surface area contributed by atoms with Gasteiger partial charge in [-0.15, -0.1) is 0 Å². The summed E-state index contributed by atoms with van der Waals surface area (Å²) in [5, 5.41) is 0.879. The van der Waals surface area contributed by atoms with E-state index in [0.717, 1.165) is 30.4 Å². The molecule has 1 saturated heterocycles. The molecule has 1 aromatic heterocycles. The fourth-order valence-corrected chi connectivity index (χ4v) is 2.12. The molecule has 0 saturated carbocycles. The summed E-state index contributed by atoms with van der Waals surface area (Å²) < 4.78 is 11.2. The highest BCUT2D eigenvalue weighted by Crippen LogP contribution is 2.23. The number of fused-ring (bicyclic) bond motifs is 1. The molecule has 2 aromatic rings. The maximum absolute atomic E-state index is 5.73. The van der Waals surface area contributed by atoms with Crippen LogP contribution in [0.3, 0.4) is 0 Å². The lowest BCUT2D eigenvalue weighted by Crippen LogP contribution is -2.17. The Hall–Kier alpha value is -1.88. The molecule has 0 amide bonds. The van der Waals surface area contributed by atoms with Crippen LogP contribution in [-0.4, -0.2) is 29.3 Å². The van der Waals surface area contributed by atoms with Crippen molar-refractivity contribution >= 4 is 16.9 Å². The molecule has 0 spiro atoms. The Morgan fingerprint density at radius 3 is 3.06 bits per heavy atom.